The normalized spacial score (nSPS) is 20.8. The van der Waals surface area contributed by atoms with Gasteiger partial charge in [-0.1, -0.05) is 60.5 Å². The molecule has 11 nitrogen and oxygen atoms in total. The minimum atomic E-state index is -3.20. The highest BCUT2D eigenvalue weighted by atomic mass is 35.5. The van der Waals surface area contributed by atoms with Crippen LogP contribution in [0.5, 0.6) is 0 Å². The number of nitrogens with zero attached hydrogens (tertiary/aromatic N) is 6. The molecule has 2 aliphatic heterocycles. The van der Waals surface area contributed by atoms with Gasteiger partial charge in [-0.15, -0.1) is 0 Å². The molecule has 0 radical (unpaired) electrons. The van der Waals surface area contributed by atoms with E-state index in [0.29, 0.717) is 62.4 Å². The van der Waals surface area contributed by atoms with E-state index in [1.807, 2.05) is 60.8 Å². The molecular formula is C41H46Cl2N6O5S2. The molecule has 0 spiro atoms. The van der Waals surface area contributed by atoms with Crippen LogP contribution < -0.4 is 0 Å². The predicted molar refractivity (Wildman–Crippen MR) is 224 cm³/mol. The molecule has 2 aromatic heterocycles. The first-order chi connectivity index (χ1) is 26.8. The van der Waals surface area contributed by atoms with E-state index in [9.17, 15) is 21.9 Å². The van der Waals surface area contributed by atoms with E-state index in [1.54, 1.807) is 10.5 Å². The molecule has 2 saturated heterocycles. The number of allylic oxidation sites excluding steroid dienone is 1. The number of rotatable bonds is 6. The molecule has 4 heterocycles. The molecule has 2 aliphatic carbocycles. The van der Waals surface area contributed by atoms with Crippen LogP contribution in [-0.2, 0) is 20.0 Å². The number of fused-ring (bicyclic) bond motifs is 4. The van der Waals surface area contributed by atoms with Gasteiger partial charge < -0.3 is 5.11 Å². The summed E-state index contributed by atoms with van der Waals surface area (Å²) in [4.78, 5) is 14.0. The molecule has 4 aliphatic rings. The number of pyridine rings is 2. The average molecular weight is 838 g/mol. The van der Waals surface area contributed by atoms with Gasteiger partial charge in [-0.2, -0.15) is 8.61 Å². The first-order valence-electron chi connectivity index (χ1n) is 18.7. The van der Waals surface area contributed by atoms with E-state index in [4.69, 9.17) is 28.2 Å². The molecule has 0 bridgehead atoms. The number of sulfonamides is 2. The molecule has 0 saturated carbocycles. The van der Waals surface area contributed by atoms with Crippen molar-refractivity contribution >= 4 is 66.5 Å². The Morgan fingerprint density at radius 3 is 1.45 bits per heavy atom. The van der Waals surface area contributed by atoms with Gasteiger partial charge in [0, 0.05) is 85.9 Å². The van der Waals surface area contributed by atoms with Gasteiger partial charge in [-0.05, 0) is 82.3 Å². The average Bonchev–Trinajstić information content (AvgIpc) is 3.41. The molecule has 2 aromatic carbocycles. The van der Waals surface area contributed by atoms with Crippen molar-refractivity contribution in [3.63, 3.8) is 0 Å². The number of hydrogen-bond donors (Lipinski definition) is 1. The van der Waals surface area contributed by atoms with Crippen molar-refractivity contribution in [3.05, 3.63) is 128 Å². The van der Waals surface area contributed by atoms with Gasteiger partial charge in [-0.25, -0.2) is 16.8 Å². The van der Waals surface area contributed by atoms with Crippen LogP contribution in [0.1, 0.15) is 70.2 Å². The SMILES string of the molecule is CCC1=Cc2cc(Cl)ccc2C(N2CCN(S(C)(=O)=O)CC2)c2ncccc21.CS(=O)(=O)N1CCN(C2c3ccc(Cl)cc3C=C(CO)c3cccnc32)CC1. The summed E-state index contributed by atoms with van der Waals surface area (Å²) < 4.78 is 50.7. The Balaban J connectivity index is 0.000000172. The van der Waals surface area contributed by atoms with E-state index in [0.717, 1.165) is 51.2 Å². The van der Waals surface area contributed by atoms with Crippen molar-refractivity contribution in [3.8, 4) is 0 Å². The van der Waals surface area contributed by atoms with Crippen molar-refractivity contribution in [1.29, 1.82) is 0 Å². The van der Waals surface area contributed by atoms with Gasteiger partial charge in [0.15, 0.2) is 0 Å². The van der Waals surface area contributed by atoms with E-state index in [1.165, 1.54) is 28.0 Å². The Labute approximate surface area is 340 Å². The molecule has 8 rings (SSSR count). The number of aliphatic hydroxyl groups is 1. The van der Waals surface area contributed by atoms with Crippen molar-refractivity contribution in [1.82, 2.24) is 28.4 Å². The molecule has 1 N–H and O–H groups in total. The molecule has 0 amide bonds. The van der Waals surface area contributed by atoms with Crippen LogP contribution in [0.25, 0.3) is 23.3 Å². The quantitative estimate of drug-likeness (QED) is 0.252. The lowest BCUT2D eigenvalue weighted by Crippen LogP contribution is -2.49. The number of benzene rings is 2. The van der Waals surface area contributed by atoms with Crippen molar-refractivity contribution < 1.29 is 21.9 Å². The molecule has 4 aromatic rings. The van der Waals surface area contributed by atoms with Crippen LogP contribution in [0.4, 0.5) is 0 Å². The third-order valence-electron chi connectivity index (χ3n) is 11.0. The molecule has 2 atom stereocenters. The zero-order valence-electron chi connectivity index (χ0n) is 31.6. The first kappa shape index (κ1) is 40.7. The van der Waals surface area contributed by atoms with Crippen LogP contribution in [-0.4, -0.2) is 122 Å². The topological polar surface area (TPSA) is 127 Å². The van der Waals surface area contributed by atoms with Crippen LogP contribution in [0.2, 0.25) is 10.0 Å². The lowest BCUT2D eigenvalue weighted by atomic mass is 9.95. The summed E-state index contributed by atoms with van der Waals surface area (Å²) in [5.74, 6) is 0. The van der Waals surface area contributed by atoms with Gasteiger partial charge >= 0.3 is 0 Å². The lowest BCUT2D eigenvalue weighted by molar-refractivity contribution is 0.154. The largest absolute Gasteiger partial charge is 0.392 e. The zero-order chi connectivity index (χ0) is 39.8. The minimum absolute atomic E-state index is 0.0227. The third-order valence-corrected chi connectivity index (χ3v) is 14.1. The Bertz CT molecular complexity index is 2230. The fourth-order valence-electron chi connectivity index (χ4n) is 8.23. The van der Waals surface area contributed by atoms with Crippen LogP contribution >= 0.6 is 23.2 Å². The highest BCUT2D eigenvalue weighted by Crippen LogP contribution is 2.42. The number of halogens is 2. The Morgan fingerprint density at radius 1 is 0.643 bits per heavy atom. The maximum absolute atomic E-state index is 11.9. The Kier molecular flexibility index (Phi) is 12.2. The fourth-order valence-corrected chi connectivity index (χ4v) is 10.2. The van der Waals surface area contributed by atoms with Crippen LogP contribution in [0.15, 0.2) is 73.1 Å². The zero-order valence-corrected chi connectivity index (χ0v) is 34.8. The maximum Gasteiger partial charge on any atom is 0.211 e. The molecule has 296 valence electrons. The van der Waals surface area contributed by atoms with Gasteiger partial charge in [0.1, 0.15) is 0 Å². The standard InChI is InChI=1S/C21H24ClN3O2S.C20H22ClN3O3S/c1-3-15-13-16-14-17(22)6-7-19(16)21(20-18(15)5-4-8-23-20)24-9-11-25(12-10-24)28(2,26)27;1-28(26,27)24-9-7-23(8-10-24)20-18-5-4-16(21)12-14(18)11-15(13-25)17-3-2-6-22-19(17)20/h4-8,13-14,21H,3,9-12H2,1-2H3;2-6,11-12,20,25H,7-10,13H2,1H3. The number of aliphatic hydroxyl groups excluding tert-OH is 1. The van der Waals surface area contributed by atoms with Gasteiger partial charge in [0.05, 0.1) is 42.6 Å². The number of piperazine rings is 2. The lowest BCUT2D eigenvalue weighted by Gasteiger charge is -2.38. The highest BCUT2D eigenvalue weighted by molar-refractivity contribution is 7.88. The minimum Gasteiger partial charge on any atom is -0.392 e. The summed E-state index contributed by atoms with van der Waals surface area (Å²) in [5.41, 5.74) is 10.3. The van der Waals surface area contributed by atoms with E-state index in [2.05, 4.69) is 39.9 Å². The Morgan fingerprint density at radius 2 is 1.05 bits per heavy atom. The third kappa shape index (κ3) is 8.52. The predicted octanol–water partition coefficient (Wildman–Crippen LogP) is 5.91. The fraction of sp³-hybridized carbons (Fsp3) is 0.366. The van der Waals surface area contributed by atoms with Crippen molar-refractivity contribution in [2.75, 3.05) is 71.5 Å². The molecule has 2 fully saturated rings. The highest BCUT2D eigenvalue weighted by Gasteiger charge is 2.36. The summed E-state index contributed by atoms with van der Waals surface area (Å²) >= 11 is 12.5. The van der Waals surface area contributed by atoms with Gasteiger partial charge in [0.25, 0.3) is 0 Å². The summed E-state index contributed by atoms with van der Waals surface area (Å²) in [6.07, 6.45) is 11.2. The maximum atomic E-state index is 11.9. The van der Waals surface area contributed by atoms with E-state index in [-0.39, 0.29) is 18.7 Å². The monoisotopic (exact) mass is 836 g/mol. The van der Waals surface area contributed by atoms with E-state index < -0.39 is 20.0 Å². The summed E-state index contributed by atoms with van der Waals surface area (Å²) in [6, 6.07) is 19.6. The Hall–Kier alpha value is -3.50. The van der Waals surface area contributed by atoms with Crippen LogP contribution in [0, 0.1) is 0 Å². The van der Waals surface area contributed by atoms with Gasteiger partial charge in [-0.3, -0.25) is 19.8 Å². The molecular weight excluding hydrogens is 792 g/mol. The van der Waals surface area contributed by atoms with E-state index >= 15 is 0 Å². The second kappa shape index (κ2) is 16.8. The molecule has 15 heteroatoms. The smallest absolute Gasteiger partial charge is 0.211 e. The first-order valence-corrected chi connectivity index (χ1v) is 23.1. The van der Waals surface area contributed by atoms with Gasteiger partial charge in [0.2, 0.25) is 20.0 Å². The van der Waals surface area contributed by atoms with Crippen molar-refractivity contribution in [2.45, 2.75) is 25.4 Å². The summed E-state index contributed by atoms with van der Waals surface area (Å²) in [6.45, 7) is 6.46. The number of hydrogen-bond acceptors (Lipinski definition) is 9. The molecule has 2 unspecified atom stereocenters. The second-order valence-corrected chi connectivity index (χ2v) is 19.3. The summed E-state index contributed by atoms with van der Waals surface area (Å²) in [7, 11) is -6.36. The second-order valence-electron chi connectivity index (χ2n) is 14.5. The van der Waals surface area contributed by atoms with Crippen molar-refractivity contribution in [2.24, 2.45) is 0 Å². The van der Waals surface area contributed by atoms with Crippen LogP contribution in [0.3, 0.4) is 0 Å². The summed E-state index contributed by atoms with van der Waals surface area (Å²) in [5, 5.41) is 11.3. The molecule has 56 heavy (non-hydrogen) atoms. The number of aromatic nitrogens is 2.